The number of fused-ring (bicyclic) bond motifs is 1. The maximum Gasteiger partial charge on any atom is 0.349 e. The van der Waals surface area contributed by atoms with Gasteiger partial charge in [0.1, 0.15) is 11.1 Å². The van der Waals surface area contributed by atoms with Gasteiger partial charge in [0.2, 0.25) is 0 Å². The minimum Gasteiger partial charge on any atom is -0.422 e. The third-order valence-electron chi connectivity index (χ3n) is 4.12. The molecule has 1 N–H and O–H groups in total. The Morgan fingerprint density at radius 1 is 1.35 bits per heavy atom. The molecule has 0 saturated carbocycles. The number of carbonyl (C=O) groups is 1. The maximum absolute atomic E-state index is 12.6. The number of nitrogens with one attached hydrogen (secondary N) is 1. The Morgan fingerprint density at radius 3 is 2.78 bits per heavy atom. The summed E-state index contributed by atoms with van der Waals surface area (Å²) in [6, 6.07) is 6.53. The van der Waals surface area contributed by atoms with Gasteiger partial charge in [-0.3, -0.25) is 4.79 Å². The van der Waals surface area contributed by atoms with Crippen LogP contribution in [-0.4, -0.2) is 43.5 Å². The highest BCUT2D eigenvalue weighted by molar-refractivity contribution is 6.31. The SMILES string of the molecule is C=CC[NH+]1CCN(C(=O)c2cc3cc(Cl)ccc3oc2=O)CC1. The monoisotopic (exact) mass is 333 g/mol. The number of quaternary nitrogens is 1. The third-order valence-corrected chi connectivity index (χ3v) is 4.35. The van der Waals surface area contributed by atoms with E-state index in [2.05, 4.69) is 6.58 Å². The zero-order valence-corrected chi connectivity index (χ0v) is 13.4. The van der Waals surface area contributed by atoms with Gasteiger partial charge >= 0.3 is 5.63 Å². The van der Waals surface area contributed by atoms with Crippen LogP contribution in [0.5, 0.6) is 0 Å². The Kier molecular flexibility index (Phi) is 4.50. The predicted octanol–water partition coefficient (Wildman–Crippen LogP) is 0.973. The van der Waals surface area contributed by atoms with Gasteiger partial charge in [-0.1, -0.05) is 18.2 Å². The lowest BCUT2D eigenvalue weighted by atomic mass is 10.1. The van der Waals surface area contributed by atoms with E-state index in [1.807, 2.05) is 6.08 Å². The van der Waals surface area contributed by atoms with E-state index in [1.54, 1.807) is 29.2 Å². The molecule has 1 aromatic carbocycles. The highest BCUT2D eigenvalue weighted by Gasteiger charge is 2.26. The molecule has 1 fully saturated rings. The highest BCUT2D eigenvalue weighted by atomic mass is 35.5. The van der Waals surface area contributed by atoms with Gasteiger partial charge in [-0.2, -0.15) is 0 Å². The molecule has 0 radical (unpaired) electrons. The summed E-state index contributed by atoms with van der Waals surface area (Å²) >= 11 is 5.96. The number of nitrogens with zero attached hydrogens (tertiary/aromatic N) is 1. The Labute approximate surface area is 138 Å². The molecule has 2 aromatic rings. The fourth-order valence-electron chi connectivity index (χ4n) is 2.85. The molecule has 6 heteroatoms. The number of halogens is 1. The smallest absolute Gasteiger partial charge is 0.349 e. The van der Waals surface area contributed by atoms with Crippen molar-refractivity contribution >= 4 is 28.5 Å². The van der Waals surface area contributed by atoms with Gasteiger partial charge in [0.15, 0.2) is 0 Å². The largest absolute Gasteiger partial charge is 0.422 e. The minimum absolute atomic E-state index is 0.0620. The first-order valence-corrected chi connectivity index (χ1v) is 7.93. The van der Waals surface area contributed by atoms with Crippen LogP contribution in [-0.2, 0) is 0 Å². The summed E-state index contributed by atoms with van der Waals surface area (Å²) in [4.78, 5) is 27.8. The van der Waals surface area contributed by atoms with Crippen molar-refractivity contribution in [2.24, 2.45) is 0 Å². The average molecular weight is 334 g/mol. The fourth-order valence-corrected chi connectivity index (χ4v) is 3.03. The van der Waals surface area contributed by atoms with Crippen molar-refractivity contribution in [3.8, 4) is 0 Å². The zero-order chi connectivity index (χ0) is 16.4. The second-order valence-electron chi connectivity index (χ2n) is 5.66. The number of amides is 1. The Morgan fingerprint density at radius 2 is 2.09 bits per heavy atom. The van der Waals surface area contributed by atoms with Crippen molar-refractivity contribution in [2.45, 2.75) is 0 Å². The molecule has 5 nitrogen and oxygen atoms in total. The van der Waals surface area contributed by atoms with Crippen LogP contribution in [0.1, 0.15) is 10.4 Å². The lowest BCUT2D eigenvalue weighted by Crippen LogP contribution is -3.14. The number of benzene rings is 1. The first-order valence-electron chi connectivity index (χ1n) is 7.55. The van der Waals surface area contributed by atoms with Crippen molar-refractivity contribution in [1.29, 1.82) is 0 Å². The molecule has 1 aromatic heterocycles. The molecule has 1 amide bonds. The van der Waals surface area contributed by atoms with Gasteiger partial charge in [0, 0.05) is 10.4 Å². The molecule has 0 spiro atoms. The van der Waals surface area contributed by atoms with E-state index in [9.17, 15) is 9.59 Å². The molecule has 2 heterocycles. The maximum atomic E-state index is 12.6. The van der Waals surface area contributed by atoms with Gasteiger partial charge in [-0.05, 0) is 30.3 Å². The van der Waals surface area contributed by atoms with E-state index in [0.717, 1.165) is 19.6 Å². The molecule has 0 aliphatic carbocycles. The van der Waals surface area contributed by atoms with E-state index in [-0.39, 0.29) is 11.5 Å². The molecule has 0 atom stereocenters. The van der Waals surface area contributed by atoms with E-state index >= 15 is 0 Å². The Hall–Kier alpha value is -2.11. The second-order valence-corrected chi connectivity index (χ2v) is 6.10. The van der Waals surface area contributed by atoms with Gasteiger partial charge in [-0.25, -0.2) is 4.79 Å². The van der Waals surface area contributed by atoms with E-state index in [4.69, 9.17) is 16.0 Å². The number of hydrogen-bond donors (Lipinski definition) is 1. The van der Waals surface area contributed by atoms with Crippen molar-refractivity contribution in [2.75, 3.05) is 32.7 Å². The van der Waals surface area contributed by atoms with Gasteiger partial charge in [0.25, 0.3) is 5.91 Å². The summed E-state index contributed by atoms with van der Waals surface area (Å²) in [5.41, 5.74) is -0.117. The number of piperazine rings is 1. The molecule has 23 heavy (non-hydrogen) atoms. The van der Waals surface area contributed by atoms with Crippen LogP contribution in [0.25, 0.3) is 11.0 Å². The summed E-state index contributed by atoms with van der Waals surface area (Å²) in [7, 11) is 0. The predicted molar refractivity (Wildman–Crippen MR) is 89.2 cm³/mol. The van der Waals surface area contributed by atoms with Crippen LogP contribution in [0.2, 0.25) is 5.02 Å². The average Bonchev–Trinajstić information content (AvgIpc) is 2.55. The fraction of sp³-hybridized carbons (Fsp3) is 0.294. The van der Waals surface area contributed by atoms with E-state index < -0.39 is 5.63 Å². The number of rotatable bonds is 3. The molecule has 120 valence electrons. The quantitative estimate of drug-likeness (QED) is 0.673. The summed E-state index contributed by atoms with van der Waals surface area (Å²) in [5.74, 6) is -0.279. The van der Waals surface area contributed by atoms with E-state index in [0.29, 0.717) is 29.1 Å². The van der Waals surface area contributed by atoms with Crippen LogP contribution >= 0.6 is 11.6 Å². The second kappa shape index (κ2) is 6.56. The van der Waals surface area contributed by atoms with Gasteiger partial charge in [-0.15, -0.1) is 0 Å². The lowest BCUT2D eigenvalue weighted by Gasteiger charge is -2.31. The summed E-state index contributed by atoms with van der Waals surface area (Å²) in [6.45, 7) is 7.57. The van der Waals surface area contributed by atoms with Gasteiger partial charge in [0.05, 0.1) is 32.7 Å². The molecule has 1 aliphatic heterocycles. The first kappa shape index (κ1) is 15.8. The molecule has 0 unspecified atom stereocenters. The standard InChI is InChI=1S/C17H17ClN2O3/c1-2-5-19-6-8-20(9-7-19)16(21)14-11-12-10-13(18)3-4-15(12)23-17(14)22/h2-4,10-11H,1,5-9H2/p+1. The lowest BCUT2D eigenvalue weighted by molar-refractivity contribution is -0.898. The Balaban J connectivity index is 1.85. The summed E-state index contributed by atoms with van der Waals surface area (Å²) in [5, 5.41) is 1.18. The van der Waals surface area contributed by atoms with Crippen LogP contribution in [0, 0.1) is 0 Å². The van der Waals surface area contributed by atoms with Crippen molar-refractivity contribution in [3.63, 3.8) is 0 Å². The van der Waals surface area contributed by atoms with Crippen LogP contribution in [0.4, 0.5) is 0 Å². The number of hydrogen-bond acceptors (Lipinski definition) is 3. The number of carbonyl (C=O) groups excluding carboxylic acids is 1. The van der Waals surface area contributed by atoms with Crippen LogP contribution in [0.15, 0.2) is 46.1 Å². The third kappa shape index (κ3) is 3.30. The van der Waals surface area contributed by atoms with Crippen LogP contribution in [0.3, 0.4) is 0 Å². The molecular weight excluding hydrogens is 316 g/mol. The summed E-state index contributed by atoms with van der Waals surface area (Å²) < 4.78 is 5.24. The normalized spacial score (nSPS) is 15.8. The highest BCUT2D eigenvalue weighted by Crippen LogP contribution is 2.19. The molecular formula is C17H18ClN2O3+. The van der Waals surface area contributed by atoms with Crippen molar-refractivity contribution in [3.05, 3.63) is 57.9 Å². The molecule has 1 saturated heterocycles. The summed E-state index contributed by atoms with van der Waals surface area (Å²) in [6.07, 6.45) is 1.88. The molecule has 3 rings (SSSR count). The van der Waals surface area contributed by atoms with E-state index in [1.165, 1.54) is 4.90 Å². The molecule has 1 aliphatic rings. The van der Waals surface area contributed by atoms with Crippen molar-refractivity contribution in [1.82, 2.24) is 4.90 Å². The van der Waals surface area contributed by atoms with Crippen LogP contribution < -0.4 is 10.5 Å². The van der Waals surface area contributed by atoms with Gasteiger partial charge < -0.3 is 14.2 Å². The van der Waals surface area contributed by atoms with Crippen molar-refractivity contribution < 1.29 is 14.1 Å². The zero-order valence-electron chi connectivity index (χ0n) is 12.7. The first-order chi connectivity index (χ1) is 11.1. The topological polar surface area (TPSA) is 55.0 Å². The Bertz CT molecular complexity index is 807. The minimum atomic E-state index is -0.606. The molecule has 0 bridgehead atoms.